The van der Waals surface area contributed by atoms with E-state index in [9.17, 15) is 13.2 Å². The highest BCUT2D eigenvalue weighted by atomic mass is 19.4. The zero-order valence-corrected chi connectivity index (χ0v) is 21.2. The summed E-state index contributed by atoms with van der Waals surface area (Å²) in [6, 6.07) is 11.2. The van der Waals surface area contributed by atoms with Crippen molar-refractivity contribution in [3.8, 4) is 11.8 Å². The Bertz CT molecular complexity index is 1350. The van der Waals surface area contributed by atoms with E-state index in [2.05, 4.69) is 39.4 Å². The number of anilines is 1. The van der Waals surface area contributed by atoms with Crippen LogP contribution in [0.15, 0.2) is 66.6 Å². The number of likely N-dealkylation sites (tertiary alicyclic amines) is 1. The largest absolute Gasteiger partial charge is 0.406 e. The predicted molar refractivity (Wildman–Crippen MR) is 147 cm³/mol. The second kappa shape index (κ2) is 12.5. The van der Waals surface area contributed by atoms with Gasteiger partial charge in [-0.1, -0.05) is 30.2 Å². The van der Waals surface area contributed by atoms with Gasteiger partial charge in [0.15, 0.2) is 0 Å². The highest BCUT2D eigenvalue weighted by Crippen LogP contribution is 2.31. The van der Waals surface area contributed by atoms with Crippen molar-refractivity contribution in [2.45, 2.75) is 31.6 Å². The van der Waals surface area contributed by atoms with E-state index >= 15 is 0 Å². The summed E-state index contributed by atoms with van der Waals surface area (Å²) in [5.74, 6) is 5.82. The van der Waals surface area contributed by atoms with Crippen molar-refractivity contribution in [3.63, 3.8) is 0 Å². The SMILES string of the molecule is CN1CCC(Nc2cccc3c2cc(C#CCN/C(C=N)=C/C=C/c2cccnc2)n3CC(F)(F)F)CC1. The van der Waals surface area contributed by atoms with Gasteiger partial charge in [-0.25, -0.2) is 0 Å². The van der Waals surface area contributed by atoms with Crippen LogP contribution in [0.2, 0.25) is 0 Å². The van der Waals surface area contributed by atoms with Crippen LogP contribution in [0.4, 0.5) is 18.9 Å². The maximum absolute atomic E-state index is 13.5. The molecule has 1 aromatic carbocycles. The maximum atomic E-state index is 13.5. The molecule has 3 aromatic rings. The molecule has 0 amide bonds. The third-order valence-corrected chi connectivity index (χ3v) is 6.36. The van der Waals surface area contributed by atoms with Crippen molar-refractivity contribution in [1.82, 2.24) is 19.8 Å². The molecule has 0 unspecified atom stereocenters. The Kier molecular flexibility index (Phi) is 8.87. The Labute approximate surface area is 220 Å². The number of hydrogen-bond acceptors (Lipinski definition) is 5. The minimum absolute atomic E-state index is 0.177. The Morgan fingerprint density at radius 2 is 2.03 bits per heavy atom. The van der Waals surface area contributed by atoms with E-state index in [0.29, 0.717) is 16.9 Å². The van der Waals surface area contributed by atoms with Crippen LogP contribution < -0.4 is 10.6 Å². The molecule has 0 spiro atoms. The summed E-state index contributed by atoms with van der Waals surface area (Å²) in [6.07, 6.45) is 7.53. The summed E-state index contributed by atoms with van der Waals surface area (Å²) in [7, 11) is 2.09. The molecule has 0 bridgehead atoms. The molecular formula is C29H31F3N6. The third-order valence-electron chi connectivity index (χ3n) is 6.36. The molecule has 1 aliphatic rings. The van der Waals surface area contributed by atoms with Gasteiger partial charge >= 0.3 is 6.18 Å². The van der Waals surface area contributed by atoms with E-state index in [4.69, 9.17) is 5.41 Å². The number of benzene rings is 1. The molecule has 2 aromatic heterocycles. The fourth-order valence-corrected chi connectivity index (χ4v) is 4.41. The van der Waals surface area contributed by atoms with Crippen LogP contribution in [0, 0.1) is 17.3 Å². The van der Waals surface area contributed by atoms with Crippen LogP contribution >= 0.6 is 0 Å². The minimum atomic E-state index is -4.38. The van der Waals surface area contributed by atoms with Gasteiger partial charge in [0.1, 0.15) is 6.54 Å². The summed E-state index contributed by atoms with van der Waals surface area (Å²) in [5, 5.41) is 14.9. The zero-order valence-electron chi connectivity index (χ0n) is 21.2. The molecular weight excluding hydrogens is 489 g/mol. The number of hydrogen-bond donors (Lipinski definition) is 3. The van der Waals surface area contributed by atoms with Crippen molar-refractivity contribution >= 4 is 28.9 Å². The quantitative estimate of drug-likeness (QED) is 0.214. The predicted octanol–water partition coefficient (Wildman–Crippen LogP) is 5.29. The van der Waals surface area contributed by atoms with Gasteiger partial charge in [0.25, 0.3) is 0 Å². The van der Waals surface area contributed by atoms with Crippen molar-refractivity contribution in [2.75, 3.05) is 32.0 Å². The van der Waals surface area contributed by atoms with Crippen LogP contribution in [0.1, 0.15) is 24.1 Å². The van der Waals surface area contributed by atoms with Crippen molar-refractivity contribution in [2.24, 2.45) is 0 Å². The first-order chi connectivity index (χ1) is 18.3. The number of piperidine rings is 1. The molecule has 0 atom stereocenters. The van der Waals surface area contributed by atoms with Gasteiger partial charge in [0.05, 0.1) is 23.5 Å². The van der Waals surface area contributed by atoms with Gasteiger partial charge in [-0.05, 0) is 74.8 Å². The summed E-state index contributed by atoms with van der Waals surface area (Å²) in [6.45, 7) is 1.03. The number of halogens is 3. The lowest BCUT2D eigenvalue weighted by Crippen LogP contribution is -2.36. The molecule has 38 heavy (non-hydrogen) atoms. The number of aromatic nitrogens is 2. The monoisotopic (exact) mass is 520 g/mol. The van der Waals surface area contributed by atoms with Gasteiger partial charge < -0.3 is 25.5 Å². The van der Waals surface area contributed by atoms with E-state index in [0.717, 1.165) is 48.8 Å². The number of alkyl halides is 3. The first-order valence-corrected chi connectivity index (χ1v) is 12.5. The summed E-state index contributed by atoms with van der Waals surface area (Å²) in [4.78, 5) is 6.32. The van der Waals surface area contributed by atoms with Crippen LogP contribution in [-0.4, -0.2) is 59.6 Å². The number of rotatable bonds is 8. The maximum Gasteiger partial charge on any atom is 0.406 e. The molecule has 0 saturated carbocycles. The molecule has 6 nitrogen and oxygen atoms in total. The van der Waals surface area contributed by atoms with E-state index in [-0.39, 0.29) is 12.6 Å². The Balaban J connectivity index is 1.52. The molecule has 3 heterocycles. The second-order valence-corrected chi connectivity index (χ2v) is 9.26. The Hall–Kier alpha value is -4.03. The molecule has 0 aliphatic carbocycles. The van der Waals surface area contributed by atoms with Crippen LogP contribution in [0.5, 0.6) is 0 Å². The lowest BCUT2D eigenvalue weighted by atomic mass is 10.0. The number of nitrogens with zero attached hydrogens (tertiary/aromatic N) is 3. The molecule has 1 fully saturated rings. The van der Waals surface area contributed by atoms with Crippen LogP contribution in [0.3, 0.4) is 0 Å². The van der Waals surface area contributed by atoms with E-state index in [1.165, 1.54) is 4.57 Å². The van der Waals surface area contributed by atoms with E-state index in [1.807, 2.05) is 24.3 Å². The molecule has 3 N–H and O–H groups in total. The molecule has 1 aliphatic heterocycles. The minimum Gasteiger partial charge on any atom is -0.382 e. The number of nitrogens with one attached hydrogen (secondary N) is 3. The number of allylic oxidation sites excluding steroid dienone is 3. The van der Waals surface area contributed by atoms with Crippen molar-refractivity contribution < 1.29 is 13.2 Å². The average Bonchev–Trinajstić information content (AvgIpc) is 3.24. The molecule has 4 rings (SSSR count). The highest BCUT2D eigenvalue weighted by molar-refractivity contribution is 5.94. The van der Waals surface area contributed by atoms with Gasteiger partial charge in [-0.15, -0.1) is 0 Å². The third kappa shape index (κ3) is 7.49. The lowest BCUT2D eigenvalue weighted by Gasteiger charge is -2.30. The van der Waals surface area contributed by atoms with Gasteiger partial charge in [0.2, 0.25) is 0 Å². The van der Waals surface area contributed by atoms with Crippen molar-refractivity contribution in [1.29, 1.82) is 5.41 Å². The summed E-state index contributed by atoms with van der Waals surface area (Å²) < 4.78 is 41.6. The first-order valence-electron chi connectivity index (χ1n) is 12.5. The molecule has 0 radical (unpaired) electrons. The zero-order chi connectivity index (χ0) is 27.0. The Morgan fingerprint density at radius 1 is 1.21 bits per heavy atom. The lowest BCUT2D eigenvalue weighted by molar-refractivity contribution is -0.140. The normalized spacial score (nSPS) is 15.4. The Morgan fingerprint density at radius 3 is 2.74 bits per heavy atom. The summed E-state index contributed by atoms with van der Waals surface area (Å²) >= 11 is 0. The van der Waals surface area contributed by atoms with Gasteiger partial charge in [-0.2, -0.15) is 13.2 Å². The average molecular weight is 521 g/mol. The van der Waals surface area contributed by atoms with Gasteiger partial charge in [0, 0.05) is 35.7 Å². The van der Waals surface area contributed by atoms with Crippen molar-refractivity contribution in [3.05, 3.63) is 77.9 Å². The standard InChI is InChI=1S/C29H31F3N6/c1-37-16-12-23(13-17-37)36-27-10-3-11-28-26(27)18-25(38(28)21-29(30,31)32)9-5-15-35-24(19-33)8-2-6-22-7-4-14-34-20-22/h2-4,6-8,10-11,14,18-20,23,33,35-36H,12-13,15-17,21H2,1H3/b6-2+,24-8+,33-19?. The number of fused-ring (bicyclic) bond motifs is 1. The van der Waals surface area contributed by atoms with Crippen LogP contribution in [0.25, 0.3) is 17.0 Å². The smallest absolute Gasteiger partial charge is 0.382 e. The fourth-order valence-electron chi connectivity index (χ4n) is 4.41. The van der Waals surface area contributed by atoms with Gasteiger partial charge in [-0.3, -0.25) is 4.98 Å². The van der Waals surface area contributed by atoms with Crippen LogP contribution in [-0.2, 0) is 6.54 Å². The summed E-state index contributed by atoms with van der Waals surface area (Å²) in [5.41, 5.74) is 3.08. The van der Waals surface area contributed by atoms with E-state index in [1.54, 1.807) is 42.7 Å². The highest BCUT2D eigenvalue weighted by Gasteiger charge is 2.30. The fraction of sp³-hybridized carbons (Fsp3) is 0.310. The number of pyridine rings is 1. The van der Waals surface area contributed by atoms with E-state index < -0.39 is 12.7 Å². The molecule has 1 saturated heterocycles. The second-order valence-electron chi connectivity index (χ2n) is 9.26. The first kappa shape index (κ1) is 27.0. The molecule has 9 heteroatoms. The molecule has 198 valence electrons. The topological polar surface area (TPSA) is 69.0 Å².